The van der Waals surface area contributed by atoms with Crippen LogP contribution in [0.1, 0.15) is 54.9 Å². The number of aromatic amines is 1. The highest BCUT2D eigenvalue weighted by molar-refractivity contribution is 5.94. The van der Waals surface area contributed by atoms with Gasteiger partial charge in [0, 0.05) is 43.8 Å². The van der Waals surface area contributed by atoms with Gasteiger partial charge < -0.3 is 9.88 Å². The van der Waals surface area contributed by atoms with Gasteiger partial charge in [-0.2, -0.15) is 18.3 Å². The van der Waals surface area contributed by atoms with E-state index in [1.165, 1.54) is 6.92 Å². The van der Waals surface area contributed by atoms with Crippen LogP contribution in [0.4, 0.5) is 13.2 Å². The molecule has 1 atom stereocenters. The summed E-state index contributed by atoms with van der Waals surface area (Å²) in [4.78, 5) is 15.1. The molecule has 4 aromatic rings. The standard InChI is InChI=1S/C25H26F3N7O/c1-14(36)29-10-9-19-23-18(12-20(31-19)25(26,27)28)22(32-33-23)17-8-4-7-16(11-17)21(15-5-3-6-15)24-34-30-13-35(24)2/h4,7-8,11-13,15,21H,3,5-6,9-10H2,1-2H3,(H,29,36)(H,32,33). The lowest BCUT2D eigenvalue weighted by molar-refractivity contribution is -0.141. The average Bonchev–Trinajstić information content (AvgIpc) is 3.41. The van der Waals surface area contributed by atoms with Gasteiger partial charge in [-0.25, -0.2) is 4.98 Å². The highest BCUT2D eigenvalue weighted by Crippen LogP contribution is 2.43. The predicted octanol–water partition coefficient (Wildman–Crippen LogP) is 4.38. The zero-order valence-corrected chi connectivity index (χ0v) is 19.9. The number of nitrogens with zero attached hydrogens (tertiary/aromatic N) is 5. The lowest BCUT2D eigenvalue weighted by Crippen LogP contribution is -2.24. The molecule has 0 spiro atoms. The molecule has 3 heterocycles. The molecule has 1 saturated carbocycles. The van der Waals surface area contributed by atoms with Crippen LogP contribution in [-0.2, 0) is 24.4 Å². The topological polar surface area (TPSA) is 101 Å². The summed E-state index contributed by atoms with van der Waals surface area (Å²) in [6, 6.07) is 8.79. The van der Waals surface area contributed by atoms with Crippen molar-refractivity contribution in [2.24, 2.45) is 13.0 Å². The molecule has 2 N–H and O–H groups in total. The number of carbonyl (C=O) groups is 1. The fourth-order valence-electron chi connectivity index (χ4n) is 4.84. The smallest absolute Gasteiger partial charge is 0.356 e. The number of carbonyl (C=O) groups excluding carboxylic acids is 1. The van der Waals surface area contributed by atoms with Gasteiger partial charge >= 0.3 is 6.18 Å². The van der Waals surface area contributed by atoms with Crippen LogP contribution < -0.4 is 5.32 Å². The van der Waals surface area contributed by atoms with Crippen LogP contribution in [-0.4, -0.2) is 42.4 Å². The minimum atomic E-state index is -4.62. The second-order valence-corrected chi connectivity index (χ2v) is 9.27. The monoisotopic (exact) mass is 497 g/mol. The number of alkyl halides is 3. The predicted molar refractivity (Wildman–Crippen MR) is 127 cm³/mol. The Kier molecular flexibility index (Phi) is 6.23. The first-order chi connectivity index (χ1) is 17.2. The van der Waals surface area contributed by atoms with Gasteiger partial charge in [-0.3, -0.25) is 9.89 Å². The maximum atomic E-state index is 13.7. The summed E-state index contributed by atoms with van der Waals surface area (Å²) in [5.74, 6) is 1.08. The lowest BCUT2D eigenvalue weighted by atomic mass is 9.72. The number of aryl methyl sites for hydroxylation is 1. The SMILES string of the molecule is CC(=O)NCCc1nc(C(F)(F)F)cc2c(-c3cccc(C(c4nncn4C)C4CCC4)c3)n[nH]c12. The van der Waals surface area contributed by atoms with E-state index < -0.39 is 11.9 Å². The van der Waals surface area contributed by atoms with Crippen molar-refractivity contribution in [3.8, 4) is 11.3 Å². The molecule has 5 rings (SSSR count). The van der Waals surface area contributed by atoms with E-state index in [2.05, 4.69) is 30.7 Å². The van der Waals surface area contributed by atoms with Crippen LogP contribution in [0.15, 0.2) is 36.7 Å². The Morgan fingerprint density at radius 1 is 1.28 bits per heavy atom. The first kappa shape index (κ1) is 24.0. The van der Waals surface area contributed by atoms with Crippen LogP contribution in [0.3, 0.4) is 0 Å². The summed E-state index contributed by atoms with van der Waals surface area (Å²) in [6.07, 6.45) is 0.541. The van der Waals surface area contributed by atoms with Crippen LogP contribution in [0, 0.1) is 5.92 Å². The lowest BCUT2D eigenvalue weighted by Gasteiger charge is -2.33. The van der Waals surface area contributed by atoms with Gasteiger partial charge in [0.15, 0.2) is 0 Å². The van der Waals surface area contributed by atoms with Gasteiger partial charge in [0.2, 0.25) is 5.91 Å². The van der Waals surface area contributed by atoms with Gasteiger partial charge in [0.1, 0.15) is 23.5 Å². The second-order valence-electron chi connectivity index (χ2n) is 9.27. The molecule has 1 unspecified atom stereocenters. The third-order valence-electron chi connectivity index (χ3n) is 6.82. The summed E-state index contributed by atoms with van der Waals surface area (Å²) in [5.41, 5.74) is 1.80. The van der Waals surface area contributed by atoms with Gasteiger partial charge in [0.25, 0.3) is 0 Å². The van der Waals surface area contributed by atoms with Crippen LogP contribution >= 0.6 is 0 Å². The van der Waals surface area contributed by atoms with Gasteiger partial charge in [0.05, 0.1) is 11.2 Å². The van der Waals surface area contributed by atoms with E-state index in [-0.39, 0.29) is 30.5 Å². The van der Waals surface area contributed by atoms with Crippen molar-refractivity contribution in [2.75, 3.05) is 6.54 Å². The van der Waals surface area contributed by atoms with Crippen molar-refractivity contribution in [3.05, 3.63) is 59.4 Å². The quantitative estimate of drug-likeness (QED) is 0.395. The number of nitrogens with one attached hydrogen (secondary N) is 2. The Labute approximate surface area is 205 Å². The number of rotatable bonds is 7. The van der Waals surface area contributed by atoms with Crippen LogP contribution in [0.5, 0.6) is 0 Å². The molecule has 0 bridgehead atoms. The van der Waals surface area contributed by atoms with Gasteiger partial charge in [-0.1, -0.05) is 24.6 Å². The second kappa shape index (κ2) is 9.36. The van der Waals surface area contributed by atoms with E-state index in [9.17, 15) is 18.0 Å². The molecule has 0 aliphatic heterocycles. The van der Waals surface area contributed by atoms with Crippen molar-refractivity contribution in [2.45, 2.75) is 44.7 Å². The Balaban J connectivity index is 1.59. The minimum absolute atomic E-state index is 0.0389. The van der Waals surface area contributed by atoms with Gasteiger partial charge in [-0.05, 0) is 36.5 Å². The number of fused-ring (bicyclic) bond motifs is 1. The highest BCUT2D eigenvalue weighted by Gasteiger charge is 2.35. The summed E-state index contributed by atoms with van der Waals surface area (Å²) >= 11 is 0. The molecule has 36 heavy (non-hydrogen) atoms. The summed E-state index contributed by atoms with van der Waals surface area (Å²) in [6.45, 7) is 1.53. The van der Waals surface area contributed by atoms with E-state index in [1.54, 1.807) is 6.33 Å². The summed E-state index contributed by atoms with van der Waals surface area (Å²) in [5, 5.41) is 18.6. The Morgan fingerprint density at radius 3 is 2.72 bits per heavy atom. The molecule has 1 fully saturated rings. The van der Waals surface area contributed by atoms with Crippen molar-refractivity contribution in [1.82, 2.24) is 35.3 Å². The summed E-state index contributed by atoms with van der Waals surface area (Å²) in [7, 11) is 1.92. The molecule has 0 radical (unpaired) electrons. The number of H-pyrrole nitrogens is 1. The van der Waals surface area contributed by atoms with E-state index in [0.29, 0.717) is 28.1 Å². The number of hydrogen-bond acceptors (Lipinski definition) is 5. The molecule has 1 aliphatic carbocycles. The normalized spacial score (nSPS) is 15.1. The first-order valence-corrected chi connectivity index (χ1v) is 11.9. The molecule has 8 nitrogen and oxygen atoms in total. The van der Waals surface area contributed by atoms with Crippen molar-refractivity contribution < 1.29 is 18.0 Å². The maximum Gasteiger partial charge on any atom is 0.433 e. The molecular formula is C25H26F3N7O. The Hall–Kier alpha value is -3.76. The molecule has 1 amide bonds. The zero-order chi connectivity index (χ0) is 25.4. The molecule has 1 aliphatic rings. The minimum Gasteiger partial charge on any atom is -0.356 e. The van der Waals surface area contributed by atoms with Gasteiger partial charge in [-0.15, -0.1) is 10.2 Å². The molecule has 1 aromatic carbocycles. The van der Waals surface area contributed by atoms with Crippen LogP contribution in [0.25, 0.3) is 22.2 Å². The van der Waals surface area contributed by atoms with E-state index in [0.717, 1.165) is 36.7 Å². The first-order valence-electron chi connectivity index (χ1n) is 11.9. The maximum absolute atomic E-state index is 13.7. The Bertz CT molecular complexity index is 1400. The number of halogens is 3. The largest absolute Gasteiger partial charge is 0.433 e. The number of pyridine rings is 1. The van der Waals surface area contributed by atoms with E-state index in [1.807, 2.05) is 35.9 Å². The number of aromatic nitrogens is 6. The molecule has 11 heteroatoms. The number of benzene rings is 1. The number of amides is 1. The molecule has 3 aromatic heterocycles. The van der Waals surface area contributed by atoms with Crippen molar-refractivity contribution >= 4 is 16.8 Å². The molecular weight excluding hydrogens is 471 g/mol. The fourth-order valence-corrected chi connectivity index (χ4v) is 4.84. The third kappa shape index (κ3) is 4.57. The van der Waals surface area contributed by atoms with E-state index >= 15 is 0 Å². The van der Waals surface area contributed by atoms with E-state index in [4.69, 9.17) is 0 Å². The molecule has 0 saturated heterocycles. The highest BCUT2D eigenvalue weighted by atomic mass is 19.4. The summed E-state index contributed by atoms with van der Waals surface area (Å²) < 4.78 is 43.0. The Morgan fingerprint density at radius 2 is 2.08 bits per heavy atom. The third-order valence-corrected chi connectivity index (χ3v) is 6.82. The van der Waals surface area contributed by atoms with Crippen molar-refractivity contribution in [1.29, 1.82) is 0 Å². The zero-order valence-electron chi connectivity index (χ0n) is 19.9. The van der Waals surface area contributed by atoms with Crippen LogP contribution in [0.2, 0.25) is 0 Å². The average molecular weight is 498 g/mol. The molecule has 188 valence electrons. The van der Waals surface area contributed by atoms with Crippen molar-refractivity contribution in [3.63, 3.8) is 0 Å². The fraction of sp³-hybridized carbons (Fsp3) is 0.400. The number of hydrogen-bond donors (Lipinski definition) is 2.